The SMILES string of the molecule is CCOCCN(CC)Cc1nc2ccc(N)cc2o1. The van der Waals surface area contributed by atoms with Crippen molar-refractivity contribution >= 4 is 16.8 Å². The Morgan fingerprint density at radius 2 is 2.21 bits per heavy atom. The van der Waals surface area contributed by atoms with Crippen molar-refractivity contribution < 1.29 is 9.15 Å². The van der Waals surface area contributed by atoms with E-state index in [1.807, 2.05) is 25.1 Å². The Bertz CT molecular complexity index is 524. The number of nitrogens with two attached hydrogens (primary N) is 1. The molecule has 0 saturated heterocycles. The molecule has 0 atom stereocenters. The van der Waals surface area contributed by atoms with E-state index in [1.54, 1.807) is 0 Å². The van der Waals surface area contributed by atoms with E-state index in [4.69, 9.17) is 14.9 Å². The monoisotopic (exact) mass is 263 g/mol. The summed E-state index contributed by atoms with van der Waals surface area (Å²) < 4.78 is 11.1. The second-order valence-corrected chi connectivity index (χ2v) is 4.40. The molecule has 0 aliphatic rings. The van der Waals surface area contributed by atoms with Gasteiger partial charge < -0.3 is 14.9 Å². The maximum Gasteiger partial charge on any atom is 0.209 e. The third-order valence-electron chi connectivity index (χ3n) is 3.02. The number of ether oxygens (including phenoxy) is 1. The van der Waals surface area contributed by atoms with Crippen LogP contribution in [0.15, 0.2) is 22.6 Å². The Morgan fingerprint density at radius 3 is 2.95 bits per heavy atom. The van der Waals surface area contributed by atoms with Crippen LogP contribution in [0.3, 0.4) is 0 Å². The summed E-state index contributed by atoms with van der Waals surface area (Å²) in [5.41, 5.74) is 8.02. The number of hydrogen-bond donors (Lipinski definition) is 1. The van der Waals surface area contributed by atoms with Crippen LogP contribution in [0, 0.1) is 0 Å². The first-order chi connectivity index (χ1) is 9.22. The van der Waals surface area contributed by atoms with E-state index in [0.717, 1.165) is 43.3 Å². The predicted molar refractivity (Wildman–Crippen MR) is 75.9 cm³/mol. The molecule has 0 saturated carbocycles. The van der Waals surface area contributed by atoms with E-state index in [2.05, 4.69) is 16.8 Å². The van der Waals surface area contributed by atoms with Gasteiger partial charge in [-0.25, -0.2) is 4.98 Å². The van der Waals surface area contributed by atoms with Gasteiger partial charge >= 0.3 is 0 Å². The van der Waals surface area contributed by atoms with Crippen molar-refractivity contribution in [2.75, 3.05) is 32.0 Å². The highest BCUT2D eigenvalue weighted by molar-refractivity contribution is 5.76. The molecule has 5 nitrogen and oxygen atoms in total. The van der Waals surface area contributed by atoms with E-state index in [-0.39, 0.29) is 0 Å². The van der Waals surface area contributed by atoms with Gasteiger partial charge in [-0.15, -0.1) is 0 Å². The summed E-state index contributed by atoms with van der Waals surface area (Å²) in [5.74, 6) is 0.721. The van der Waals surface area contributed by atoms with Crippen LogP contribution in [0.2, 0.25) is 0 Å². The van der Waals surface area contributed by atoms with E-state index in [9.17, 15) is 0 Å². The molecular weight excluding hydrogens is 242 g/mol. The van der Waals surface area contributed by atoms with Crippen LogP contribution in [0.1, 0.15) is 19.7 Å². The number of hydrogen-bond acceptors (Lipinski definition) is 5. The number of oxazole rings is 1. The third kappa shape index (κ3) is 3.68. The maximum atomic E-state index is 5.73. The fourth-order valence-corrected chi connectivity index (χ4v) is 1.93. The molecule has 0 radical (unpaired) electrons. The molecule has 0 aliphatic carbocycles. The van der Waals surface area contributed by atoms with Crippen LogP contribution in [-0.2, 0) is 11.3 Å². The van der Waals surface area contributed by atoms with Gasteiger partial charge in [-0.1, -0.05) is 6.92 Å². The van der Waals surface area contributed by atoms with Crippen molar-refractivity contribution in [3.63, 3.8) is 0 Å². The first-order valence-corrected chi connectivity index (χ1v) is 6.68. The van der Waals surface area contributed by atoms with Crippen LogP contribution in [0.25, 0.3) is 11.1 Å². The number of likely N-dealkylation sites (N-methyl/N-ethyl adjacent to an activating group) is 1. The maximum absolute atomic E-state index is 5.73. The fraction of sp³-hybridized carbons (Fsp3) is 0.500. The van der Waals surface area contributed by atoms with Gasteiger partial charge in [-0.05, 0) is 25.6 Å². The molecule has 0 fully saturated rings. The molecule has 2 aromatic rings. The highest BCUT2D eigenvalue weighted by Gasteiger charge is 2.10. The van der Waals surface area contributed by atoms with Crippen molar-refractivity contribution in [1.29, 1.82) is 0 Å². The lowest BCUT2D eigenvalue weighted by molar-refractivity contribution is 0.109. The normalized spacial score (nSPS) is 11.5. The lowest BCUT2D eigenvalue weighted by atomic mass is 10.3. The number of rotatable bonds is 7. The summed E-state index contributed by atoms with van der Waals surface area (Å²) in [6.45, 7) is 8.11. The second-order valence-electron chi connectivity index (χ2n) is 4.40. The molecule has 5 heteroatoms. The van der Waals surface area contributed by atoms with E-state index in [1.165, 1.54) is 0 Å². The smallest absolute Gasteiger partial charge is 0.209 e. The molecule has 19 heavy (non-hydrogen) atoms. The van der Waals surface area contributed by atoms with Crippen LogP contribution in [0.5, 0.6) is 0 Å². The van der Waals surface area contributed by atoms with Gasteiger partial charge in [0.2, 0.25) is 5.89 Å². The summed E-state index contributed by atoms with van der Waals surface area (Å²) >= 11 is 0. The minimum atomic E-state index is 0.693. The standard InChI is InChI=1S/C14H21N3O2/c1-3-17(7-8-18-4-2)10-14-16-12-6-5-11(15)9-13(12)19-14/h5-6,9H,3-4,7-8,10,15H2,1-2H3. The number of benzene rings is 1. The molecule has 1 aromatic heterocycles. The molecule has 1 heterocycles. The Kier molecular flexibility index (Phi) is 4.76. The van der Waals surface area contributed by atoms with Gasteiger partial charge in [-0.2, -0.15) is 0 Å². The summed E-state index contributed by atoms with van der Waals surface area (Å²) in [5, 5.41) is 0. The average Bonchev–Trinajstić information content (AvgIpc) is 2.79. The predicted octanol–water partition coefficient (Wildman–Crippen LogP) is 2.27. The zero-order valence-electron chi connectivity index (χ0n) is 11.6. The van der Waals surface area contributed by atoms with Gasteiger partial charge in [0.05, 0.1) is 13.2 Å². The molecule has 0 aliphatic heterocycles. The first kappa shape index (κ1) is 13.8. The third-order valence-corrected chi connectivity index (χ3v) is 3.02. The van der Waals surface area contributed by atoms with Gasteiger partial charge in [0.15, 0.2) is 5.58 Å². The molecule has 0 amide bonds. The number of nitrogens with zero attached hydrogens (tertiary/aromatic N) is 2. The quantitative estimate of drug-likeness (QED) is 0.613. The van der Waals surface area contributed by atoms with Gasteiger partial charge in [0.25, 0.3) is 0 Å². The van der Waals surface area contributed by atoms with Gasteiger partial charge in [0, 0.05) is 24.9 Å². The summed E-state index contributed by atoms with van der Waals surface area (Å²) in [6, 6.07) is 5.53. The van der Waals surface area contributed by atoms with Crippen molar-refractivity contribution in [2.24, 2.45) is 0 Å². The zero-order chi connectivity index (χ0) is 13.7. The minimum Gasteiger partial charge on any atom is -0.439 e. The van der Waals surface area contributed by atoms with E-state index >= 15 is 0 Å². The number of nitrogen functional groups attached to an aromatic ring is 1. The van der Waals surface area contributed by atoms with Crippen molar-refractivity contribution in [2.45, 2.75) is 20.4 Å². The Morgan fingerprint density at radius 1 is 1.37 bits per heavy atom. The summed E-state index contributed by atoms with van der Waals surface area (Å²) in [7, 11) is 0. The van der Waals surface area contributed by atoms with Crippen LogP contribution >= 0.6 is 0 Å². The molecule has 0 bridgehead atoms. The largest absolute Gasteiger partial charge is 0.439 e. The first-order valence-electron chi connectivity index (χ1n) is 6.68. The molecule has 0 spiro atoms. The Hall–Kier alpha value is -1.59. The summed E-state index contributed by atoms with van der Waals surface area (Å²) in [6.07, 6.45) is 0. The number of fused-ring (bicyclic) bond motifs is 1. The fourth-order valence-electron chi connectivity index (χ4n) is 1.93. The van der Waals surface area contributed by atoms with Gasteiger partial charge in [0.1, 0.15) is 5.52 Å². The van der Waals surface area contributed by atoms with Gasteiger partial charge in [-0.3, -0.25) is 4.90 Å². The van der Waals surface area contributed by atoms with Crippen LogP contribution in [0.4, 0.5) is 5.69 Å². The zero-order valence-corrected chi connectivity index (χ0v) is 11.6. The molecule has 2 rings (SSSR count). The minimum absolute atomic E-state index is 0.693. The highest BCUT2D eigenvalue weighted by atomic mass is 16.5. The lowest BCUT2D eigenvalue weighted by Crippen LogP contribution is -2.27. The molecular formula is C14H21N3O2. The summed E-state index contributed by atoms with van der Waals surface area (Å²) in [4.78, 5) is 6.70. The van der Waals surface area contributed by atoms with Crippen molar-refractivity contribution in [3.05, 3.63) is 24.1 Å². The number of anilines is 1. The highest BCUT2D eigenvalue weighted by Crippen LogP contribution is 2.19. The Labute approximate surface area is 113 Å². The molecule has 2 N–H and O–H groups in total. The molecule has 1 aromatic carbocycles. The Balaban J connectivity index is 2.02. The second kappa shape index (κ2) is 6.54. The lowest BCUT2D eigenvalue weighted by Gasteiger charge is -2.17. The average molecular weight is 263 g/mol. The molecule has 0 unspecified atom stereocenters. The van der Waals surface area contributed by atoms with Crippen LogP contribution < -0.4 is 5.73 Å². The number of aromatic nitrogens is 1. The van der Waals surface area contributed by atoms with E-state index < -0.39 is 0 Å². The van der Waals surface area contributed by atoms with E-state index in [0.29, 0.717) is 12.2 Å². The van der Waals surface area contributed by atoms with Crippen molar-refractivity contribution in [1.82, 2.24) is 9.88 Å². The molecule has 104 valence electrons. The van der Waals surface area contributed by atoms with Crippen LogP contribution in [-0.4, -0.2) is 36.2 Å². The van der Waals surface area contributed by atoms with Crippen molar-refractivity contribution in [3.8, 4) is 0 Å². The topological polar surface area (TPSA) is 64.5 Å².